The van der Waals surface area contributed by atoms with Crippen LogP contribution in [0.5, 0.6) is 0 Å². The SMILES string of the molecule is CC(Nc1nc(N)ncc1C#N)c1nc2cccc(Cl)c2c(=O)n1C1CCCC1. The Labute approximate surface area is 172 Å². The van der Waals surface area contributed by atoms with E-state index >= 15 is 0 Å². The van der Waals surface area contributed by atoms with E-state index in [4.69, 9.17) is 22.3 Å². The third-order valence-electron chi connectivity index (χ3n) is 5.26. The molecule has 1 unspecified atom stereocenters. The van der Waals surface area contributed by atoms with Crippen molar-refractivity contribution < 1.29 is 0 Å². The molecule has 2 aromatic heterocycles. The lowest BCUT2D eigenvalue weighted by atomic mass is 10.1. The average molecular weight is 410 g/mol. The summed E-state index contributed by atoms with van der Waals surface area (Å²) in [5, 5.41) is 13.3. The van der Waals surface area contributed by atoms with E-state index in [0.29, 0.717) is 27.6 Å². The molecule has 8 nitrogen and oxygen atoms in total. The first-order valence-electron chi connectivity index (χ1n) is 9.49. The maximum Gasteiger partial charge on any atom is 0.263 e. The molecule has 0 radical (unpaired) electrons. The van der Waals surface area contributed by atoms with Crippen LogP contribution in [-0.4, -0.2) is 19.5 Å². The number of aromatic nitrogens is 4. The van der Waals surface area contributed by atoms with Crippen LogP contribution in [0.3, 0.4) is 0 Å². The quantitative estimate of drug-likeness (QED) is 0.674. The molecule has 1 atom stereocenters. The van der Waals surface area contributed by atoms with Gasteiger partial charge in [0.05, 0.1) is 28.2 Å². The van der Waals surface area contributed by atoms with Crippen molar-refractivity contribution in [2.45, 2.75) is 44.7 Å². The van der Waals surface area contributed by atoms with Gasteiger partial charge in [0.1, 0.15) is 23.3 Å². The van der Waals surface area contributed by atoms with E-state index in [1.165, 1.54) is 6.20 Å². The lowest BCUT2D eigenvalue weighted by Gasteiger charge is -2.24. The first-order chi connectivity index (χ1) is 14.0. The summed E-state index contributed by atoms with van der Waals surface area (Å²) < 4.78 is 1.76. The summed E-state index contributed by atoms with van der Waals surface area (Å²) in [7, 11) is 0. The number of nitriles is 1. The van der Waals surface area contributed by atoms with Crippen LogP contribution in [0.4, 0.5) is 11.8 Å². The van der Waals surface area contributed by atoms with Gasteiger partial charge in [0.25, 0.3) is 5.56 Å². The van der Waals surface area contributed by atoms with Crippen LogP contribution >= 0.6 is 11.6 Å². The van der Waals surface area contributed by atoms with Gasteiger partial charge in [-0.15, -0.1) is 0 Å². The van der Waals surface area contributed by atoms with Gasteiger partial charge in [-0.2, -0.15) is 10.2 Å². The Kier molecular flexibility index (Phi) is 5.07. The Bertz CT molecular complexity index is 1180. The van der Waals surface area contributed by atoms with Gasteiger partial charge in [-0.25, -0.2) is 9.97 Å². The van der Waals surface area contributed by atoms with Crippen LogP contribution in [0.1, 0.15) is 56.1 Å². The van der Waals surface area contributed by atoms with E-state index in [2.05, 4.69) is 15.3 Å². The molecule has 0 bridgehead atoms. The van der Waals surface area contributed by atoms with Gasteiger partial charge in [0, 0.05) is 6.04 Å². The number of anilines is 2. The summed E-state index contributed by atoms with van der Waals surface area (Å²) in [5.74, 6) is 0.953. The van der Waals surface area contributed by atoms with E-state index in [-0.39, 0.29) is 23.1 Å². The third-order valence-corrected chi connectivity index (χ3v) is 5.58. The largest absolute Gasteiger partial charge is 0.368 e. The highest BCUT2D eigenvalue weighted by Crippen LogP contribution is 2.32. The fraction of sp³-hybridized carbons (Fsp3) is 0.350. The summed E-state index contributed by atoms with van der Waals surface area (Å²) in [6.07, 6.45) is 5.34. The van der Waals surface area contributed by atoms with Gasteiger partial charge in [-0.3, -0.25) is 9.36 Å². The first kappa shape index (κ1) is 19.2. The number of nitrogen functional groups attached to an aromatic ring is 1. The van der Waals surface area contributed by atoms with Gasteiger partial charge >= 0.3 is 0 Å². The van der Waals surface area contributed by atoms with Crippen LogP contribution < -0.4 is 16.6 Å². The minimum absolute atomic E-state index is 0.0603. The maximum absolute atomic E-state index is 13.4. The Morgan fingerprint density at radius 2 is 2.10 bits per heavy atom. The van der Waals surface area contributed by atoms with Crippen LogP contribution in [0, 0.1) is 11.3 Å². The number of nitrogens with zero attached hydrogens (tertiary/aromatic N) is 5. The van der Waals surface area contributed by atoms with E-state index < -0.39 is 6.04 Å². The average Bonchev–Trinajstić information content (AvgIpc) is 3.22. The van der Waals surface area contributed by atoms with Crippen molar-refractivity contribution in [2.24, 2.45) is 0 Å². The second-order valence-electron chi connectivity index (χ2n) is 7.19. The lowest BCUT2D eigenvalue weighted by Crippen LogP contribution is -2.31. The number of nitrogens with one attached hydrogen (secondary N) is 1. The molecule has 1 fully saturated rings. The van der Waals surface area contributed by atoms with E-state index in [9.17, 15) is 10.1 Å². The van der Waals surface area contributed by atoms with Crippen molar-refractivity contribution in [1.29, 1.82) is 5.26 Å². The highest BCUT2D eigenvalue weighted by molar-refractivity contribution is 6.35. The molecule has 29 heavy (non-hydrogen) atoms. The molecular formula is C20H20ClN7O. The van der Waals surface area contributed by atoms with Crippen LogP contribution in [-0.2, 0) is 0 Å². The molecule has 1 saturated carbocycles. The number of hydrogen-bond donors (Lipinski definition) is 2. The molecule has 2 heterocycles. The number of nitrogens with two attached hydrogens (primary N) is 1. The van der Waals surface area contributed by atoms with E-state index in [1.54, 1.807) is 22.8 Å². The molecular weight excluding hydrogens is 390 g/mol. The third kappa shape index (κ3) is 3.49. The Morgan fingerprint density at radius 1 is 1.34 bits per heavy atom. The summed E-state index contributed by atoms with van der Waals surface area (Å²) in [6, 6.07) is 6.98. The minimum Gasteiger partial charge on any atom is -0.368 e. The molecule has 0 amide bonds. The monoisotopic (exact) mass is 409 g/mol. The van der Waals surface area contributed by atoms with Gasteiger partial charge in [0.15, 0.2) is 0 Å². The first-order valence-corrected chi connectivity index (χ1v) is 9.87. The number of hydrogen-bond acceptors (Lipinski definition) is 7. The van der Waals surface area contributed by atoms with Crippen LogP contribution in [0.2, 0.25) is 5.02 Å². The molecule has 148 valence electrons. The number of rotatable bonds is 4. The number of benzene rings is 1. The van der Waals surface area contributed by atoms with E-state index in [0.717, 1.165) is 25.7 Å². The Balaban J connectivity index is 1.86. The van der Waals surface area contributed by atoms with E-state index in [1.807, 2.05) is 13.0 Å². The fourth-order valence-corrected chi connectivity index (χ4v) is 4.15. The molecule has 0 aliphatic heterocycles. The molecule has 9 heteroatoms. The molecule has 1 aliphatic rings. The zero-order valence-corrected chi connectivity index (χ0v) is 16.6. The number of halogens is 1. The van der Waals surface area contributed by atoms with Crippen LogP contribution in [0.15, 0.2) is 29.2 Å². The predicted molar refractivity (Wildman–Crippen MR) is 112 cm³/mol. The highest BCUT2D eigenvalue weighted by atomic mass is 35.5. The van der Waals surface area contributed by atoms with Crippen molar-refractivity contribution >= 4 is 34.3 Å². The van der Waals surface area contributed by atoms with Gasteiger partial charge in [-0.05, 0) is 31.9 Å². The molecule has 0 spiro atoms. The normalized spacial score (nSPS) is 15.3. The second kappa shape index (κ2) is 7.68. The van der Waals surface area contributed by atoms with Crippen molar-refractivity contribution in [2.75, 3.05) is 11.1 Å². The molecule has 4 rings (SSSR count). The predicted octanol–water partition coefficient (Wildman–Crippen LogP) is 3.58. The highest BCUT2D eigenvalue weighted by Gasteiger charge is 2.26. The number of fused-ring (bicyclic) bond motifs is 1. The molecule has 3 aromatic rings. The second-order valence-corrected chi connectivity index (χ2v) is 7.59. The van der Waals surface area contributed by atoms with Crippen molar-refractivity contribution in [1.82, 2.24) is 19.5 Å². The maximum atomic E-state index is 13.4. The topological polar surface area (TPSA) is 123 Å². The summed E-state index contributed by atoms with van der Waals surface area (Å²) in [6.45, 7) is 1.88. The zero-order valence-electron chi connectivity index (χ0n) is 15.9. The fourth-order valence-electron chi connectivity index (χ4n) is 3.90. The summed E-state index contributed by atoms with van der Waals surface area (Å²) in [5.41, 5.74) is 6.36. The van der Waals surface area contributed by atoms with Gasteiger partial charge in [-0.1, -0.05) is 30.5 Å². The van der Waals surface area contributed by atoms with Gasteiger partial charge < -0.3 is 11.1 Å². The standard InChI is InChI=1S/C20H20ClN7O/c1-11(25-17-12(9-22)10-24-20(23)27-17)18-26-15-8-4-7-14(21)16(15)19(29)28(18)13-5-2-3-6-13/h4,7-8,10-11,13H,2-3,5-6H2,1H3,(H3,23,24,25,27). The molecule has 1 aliphatic carbocycles. The lowest BCUT2D eigenvalue weighted by molar-refractivity contribution is 0.467. The molecule has 3 N–H and O–H groups in total. The molecule has 0 saturated heterocycles. The smallest absolute Gasteiger partial charge is 0.263 e. The van der Waals surface area contributed by atoms with Crippen LogP contribution in [0.25, 0.3) is 10.9 Å². The Hall–Kier alpha value is -3.18. The zero-order chi connectivity index (χ0) is 20.5. The molecule has 1 aromatic carbocycles. The van der Waals surface area contributed by atoms with Crippen molar-refractivity contribution in [3.63, 3.8) is 0 Å². The summed E-state index contributed by atoms with van der Waals surface area (Å²) >= 11 is 6.32. The van der Waals surface area contributed by atoms with Crippen molar-refractivity contribution in [3.8, 4) is 6.07 Å². The Morgan fingerprint density at radius 3 is 2.83 bits per heavy atom. The minimum atomic E-state index is -0.395. The van der Waals surface area contributed by atoms with Crippen molar-refractivity contribution in [3.05, 3.63) is 51.2 Å². The van der Waals surface area contributed by atoms with Gasteiger partial charge in [0.2, 0.25) is 5.95 Å². The summed E-state index contributed by atoms with van der Waals surface area (Å²) in [4.78, 5) is 26.2.